The molecular weight excluding hydrogens is 290 g/mol. The summed E-state index contributed by atoms with van der Waals surface area (Å²) in [5, 5.41) is 28.0. The molecule has 0 fully saturated rings. The Labute approximate surface area is 122 Å². The van der Waals surface area contributed by atoms with Crippen LogP contribution in [0.25, 0.3) is 17.1 Å². The lowest BCUT2D eigenvalue weighted by Gasteiger charge is -2.06. The van der Waals surface area contributed by atoms with E-state index in [1.807, 2.05) is 0 Å². The molecule has 1 N–H and O–H groups in total. The van der Waals surface area contributed by atoms with E-state index in [9.17, 15) is 9.59 Å². The molecule has 0 radical (unpaired) electrons. The van der Waals surface area contributed by atoms with Gasteiger partial charge in [-0.05, 0) is 12.1 Å². The minimum Gasteiger partial charge on any atom is -0.476 e. The van der Waals surface area contributed by atoms with E-state index in [-0.39, 0.29) is 5.69 Å². The fourth-order valence-corrected chi connectivity index (χ4v) is 1.83. The van der Waals surface area contributed by atoms with Crippen molar-refractivity contribution in [1.82, 2.24) is 35.0 Å². The van der Waals surface area contributed by atoms with Crippen LogP contribution in [0.2, 0.25) is 0 Å². The Balaban J connectivity index is 2.14. The maximum Gasteiger partial charge on any atom is 0.356 e. The van der Waals surface area contributed by atoms with Crippen molar-refractivity contribution in [1.29, 1.82) is 0 Å². The number of carboxylic acids is 1. The quantitative estimate of drug-likeness (QED) is 0.686. The van der Waals surface area contributed by atoms with Crippen molar-refractivity contribution in [3.63, 3.8) is 0 Å². The van der Waals surface area contributed by atoms with Gasteiger partial charge >= 0.3 is 5.97 Å². The normalized spacial score (nSPS) is 10.6. The van der Waals surface area contributed by atoms with Crippen LogP contribution in [-0.2, 0) is 7.05 Å². The first-order valence-corrected chi connectivity index (χ1v) is 6.08. The minimum atomic E-state index is -1.23. The van der Waals surface area contributed by atoms with Crippen LogP contribution in [0.1, 0.15) is 10.5 Å². The number of nitrogens with zero attached hydrogens (tertiary/aromatic N) is 7. The van der Waals surface area contributed by atoms with Crippen LogP contribution in [0.4, 0.5) is 0 Å². The Hall–Kier alpha value is -3.43. The monoisotopic (exact) mass is 299 g/mol. The molecule has 0 saturated heterocycles. The Morgan fingerprint density at radius 3 is 2.73 bits per heavy atom. The summed E-state index contributed by atoms with van der Waals surface area (Å²) in [7, 11) is 1.69. The Bertz CT molecular complexity index is 915. The van der Waals surface area contributed by atoms with E-state index < -0.39 is 11.5 Å². The first kappa shape index (κ1) is 13.5. The molecule has 0 amide bonds. The molecule has 0 aliphatic rings. The van der Waals surface area contributed by atoms with Crippen molar-refractivity contribution in [2.45, 2.75) is 0 Å². The molecule has 0 spiro atoms. The predicted molar refractivity (Wildman–Crippen MR) is 72.4 cm³/mol. The smallest absolute Gasteiger partial charge is 0.356 e. The maximum atomic E-state index is 11.9. The van der Waals surface area contributed by atoms with Gasteiger partial charge in [0.2, 0.25) is 0 Å². The molecular formula is C12H9N7O3. The molecule has 0 unspecified atom stereocenters. The zero-order valence-electron chi connectivity index (χ0n) is 11.3. The first-order valence-electron chi connectivity index (χ1n) is 6.08. The van der Waals surface area contributed by atoms with Crippen molar-refractivity contribution >= 4 is 5.97 Å². The van der Waals surface area contributed by atoms with E-state index in [0.29, 0.717) is 17.1 Å². The lowest BCUT2D eigenvalue weighted by molar-refractivity contribution is 0.0688. The van der Waals surface area contributed by atoms with Gasteiger partial charge in [-0.15, -0.1) is 10.2 Å². The lowest BCUT2D eigenvalue weighted by Crippen LogP contribution is -2.23. The highest BCUT2D eigenvalue weighted by Crippen LogP contribution is 2.15. The maximum absolute atomic E-state index is 11.9. The number of aromatic nitrogens is 7. The second-order valence-corrected chi connectivity index (χ2v) is 4.32. The summed E-state index contributed by atoms with van der Waals surface area (Å²) < 4.78 is 2.45. The van der Waals surface area contributed by atoms with Gasteiger partial charge in [0, 0.05) is 13.1 Å². The minimum absolute atomic E-state index is 0.250. The Morgan fingerprint density at radius 2 is 2.05 bits per heavy atom. The van der Waals surface area contributed by atoms with Crippen LogP contribution in [0.15, 0.2) is 35.4 Å². The van der Waals surface area contributed by atoms with Gasteiger partial charge in [-0.25, -0.2) is 9.48 Å². The van der Waals surface area contributed by atoms with Crippen molar-refractivity contribution in [3.8, 4) is 17.1 Å². The van der Waals surface area contributed by atoms with E-state index >= 15 is 0 Å². The zero-order chi connectivity index (χ0) is 15.7. The number of hydrogen-bond donors (Lipinski definition) is 1. The number of carboxylic acid groups (broad SMARTS) is 1. The molecule has 22 heavy (non-hydrogen) atoms. The van der Waals surface area contributed by atoms with Crippen LogP contribution < -0.4 is 5.56 Å². The van der Waals surface area contributed by atoms with Gasteiger partial charge in [0.05, 0.1) is 18.1 Å². The van der Waals surface area contributed by atoms with E-state index in [4.69, 9.17) is 5.11 Å². The highest BCUT2D eigenvalue weighted by molar-refractivity contribution is 5.84. The van der Waals surface area contributed by atoms with Crippen molar-refractivity contribution in [2.24, 2.45) is 7.05 Å². The van der Waals surface area contributed by atoms with Crippen LogP contribution in [0.3, 0.4) is 0 Å². The van der Waals surface area contributed by atoms with E-state index in [0.717, 1.165) is 16.8 Å². The second-order valence-electron chi connectivity index (χ2n) is 4.32. The van der Waals surface area contributed by atoms with Crippen LogP contribution in [0, 0.1) is 0 Å². The van der Waals surface area contributed by atoms with Gasteiger partial charge < -0.3 is 5.11 Å². The summed E-state index contributed by atoms with van der Waals surface area (Å²) in [6.07, 6.45) is 2.81. The molecule has 3 aromatic rings. The number of hydrogen-bond acceptors (Lipinski definition) is 7. The lowest BCUT2D eigenvalue weighted by atomic mass is 10.3. The highest BCUT2D eigenvalue weighted by Gasteiger charge is 2.12. The number of aromatic carboxylic acids is 1. The number of carbonyl (C=O) groups is 1. The summed E-state index contributed by atoms with van der Waals surface area (Å²) in [5.41, 5.74) is 0.586. The number of aryl methyl sites for hydroxylation is 1. The van der Waals surface area contributed by atoms with Gasteiger partial charge in [-0.1, -0.05) is 5.21 Å². The fourth-order valence-electron chi connectivity index (χ4n) is 1.83. The van der Waals surface area contributed by atoms with Gasteiger partial charge in [-0.3, -0.25) is 4.79 Å². The van der Waals surface area contributed by atoms with Gasteiger partial charge in [-0.2, -0.15) is 14.9 Å². The third kappa shape index (κ3) is 2.32. The third-order valence-electron chi connectivity index (χ3n) is 2.88. The molecule has 110 valence electrons. The molecule has 0 aliphatic carbocycles. The average molecular weight is 299 g/mol. The molecule has 0 aromatic carbocycles. The zero-order valence-corrected chi connectivity index (χ0v) is 11.3. The summed E-state index contributed by atoms with van der Waals surface area (Å²) in [5.74, 6) is -1.23. The summed E-state index contributed by atoms with van der Waals surface area (Å²) >= 11 is 0. The number of rotatable bonds is 3. The van der Waals surface area contributed by atoms with Gasteiger partial charge in [0.25, 0.3) is 5.56 Å². The SMILES string of the molecule is Cn1nncc1-c1cc(-n2nc(C(=O)O)ccc2=O)cnn1. The highest BCUT2D eigenvalue weighted by atomic mass is 16.4. The molecule has 3 heterocycles. The molecule has 10 heteroatoms. The largest absolute Gasteiger partial charge is 0.476 e. The second kappa shape index (κ2) is 5.16. The summed E-state index contributed by atoms with van der Waals surface area (Å²) in [6, 6.07) is 3.82. The van der Waals surface area contributed by atoms with E-state index in [2.05, 4.69) is 25.6 Å². The van der Waals surface area contributed by atoms with Crippen molar-refractivity contribution < 1.29 is 9.90 Å². The third-order valence-corrected chi connectivity index (χ3v) is 2.88. The first-order chi connectivity index (χ1) is 10.6. The molecule has 0 bridgehead atoms. The van der Waals surface area contributed by atoms with Gasteiger partial charge in [0.1, 0.15) is 11.4 Å². The molecule has 0 aliphatic heterocycles. The summed E-state index contributed by atoms with van der Waals surface area (Å²) in [6.45, 7) is 0. The fraction of sp³-hybridized carbons (Fsp3) is 0.0833. The van der Waals surface area contributed by atoms with Crippen LogP contribution in [0.5, 0.6) is 0 Å². The molecule has 10 nitrogen and oxygen atoms in total. The standard InChI is InChI=1S/C12H9N7O3/c1-18-10(6-14-17-18)9-4-7(5-13-15-9)19-11(20)3-2-8(16-19)12(21)22/h2-6H,1H3,(H,21,22). The molecule has 0 atom stereocenters. The van der Waals surface area contributed by atoms with Crippen LogP contribution >= 0.6 is 0 Å². The Kier molecular flexibility index (Phi) is 3.18. The predicted octanol–water partition coefficient (Wildman–Crippen LogP) is -0.484. The molecule has 3 rings (SSSR count). The van der Waals surface area contributed by atoms with Gasteiger partial charge in [0.15, 0.2) is 5.69 Å². The summed E-state index contributed by atoms with van der Waals surface area (Å²) in [4.78, 5) is 22.9. The van der Waals surface area contributed by atoms with Crippen LogP contribution in [-0.4, -0.2) is 46.0 Å². The molecule has 0 saturated carbocycles. The average Bonchev–Trinajstić information content (AvgIpc) is 2.94. The Morgan fingerprint density at radius 1 is 1.23 bits per heavy atom. The van der Waals surface area contributed by atoms with Crippen molar-refractivity contribution in [2.75, 3.05) is 0 Å². The van der Waals surface area contributed by atoms with E-state index in [1.54, 1.807) is 13.1 Å². The molecule has 3 aromatic heterocycles. The van der Waals surface area contributed by atoms with Crippen molar-refractivity contribution in [3.05, 3.63) is 46.6 Å². The van der Waals surface area contributed by atoms with E-state index in [1.165, 1.54) is 17.1 Å². The topological polar surface area (TPSA) is 129 Å².